The first-order chi connectivity index (χ1) is 8.90. The van der Waals surface area contributed by atoms with Crippen LogP contribution in [0.15, 0.2) is 24.3 Å². The molecule has 2 saturated carbocycles. The van der Waals surface area contributed by atoms with Crippen LogP contribution < -0.4 is 10.1 Å². The molecule has 0 aromatic heterocycles. The second-order valence-corrected chi connectivity index (χ2v) is 5.38. The molecule has 2 aliphatic carbocycles. The van der Waals surface area contributed by atoms with Crippen LogP contribution in [-0.4, -0.2) is 19.4 Å². The standard InChI is InChI=1S/C15H21NO2/c1-2-13(1)10-17-11-18-15-7-3-12(4-8-15)9-16-14-5-6-14/h3-4,7-8,13-14,16H,1-2,5-6,9-11H2. The van der Waals surface area contributed by atoms with Crippen molar-refractivity contribution in [3.8, 4) is 5.75 Å². The largest absolute Gasteiger partial charge is 0.468 e. The smallest absolute Gasteiger partial charge is 0.189 e. The van der Waals surface area contributed by atoms with E-state index in [4.69, 9.17) is 9.47 Å². The van der Waals surface area contributed by atoms with E-state index in [9.17, 15) is 0 Å². The molecule has 1 aromatic rings. The highest BCUT2D eigenvalue weighted by molar-refractivity contribution is 5.27. The molecule has 0 atom stereocenters. The van der Waals surface area contributed by atoms with Gasteiger partial charge >= 0.3 is 0 Å². The quantitative estimate of drug-likeness (QED) is 0.566. The van der Waals surface area contributed by atoms with Gasteiger partial charge in [0.05, 0.1) is 6.61 Å². The Morgan fingerprint density at radius 2 is 1.83 bits per heavy atom. The van der Waals surface area contributed by atoms with Crippen molar-refractivity contribution in [3.63, 3.8) is 0 Å². The first kappa shape index (κ1) is 12.0. The average Bonchev–Trinajstić information content (AvgIpc) is 3.28. The second-order valence-electron chi connectivity index (χ2n) is 5.38. The fraction of sp³-hybridized carbons (Fsp3) is 0.600. The summed E-state index contributed by atoms with van der Waals surface area (Å²) in [6.07, 6.45) is 5.31. The highest BCUT2D eigenvalue weighted by Crippen LogP contribution is 2.28. The molecule has 0 saturated heterocycles. The van der Waals surface area contributed by atoms with Gasteiger partial charge in [0.2, 0.25) is 0 Å². The lowest BCUT2D eigenvalue weighted by Gasteiger charge is -2.08. The first-order valence-corrected chi connectivity index (χ1v) is 6.93. The Kier molecular flexibility index (Phi) is 3.81. The van der Waals surface area contributed by atoms with Crippen molar-refractivity contribution in [3.05, 3.63) is 29.8 Å². The summed E-state index contributed by atoms with van der Waals surface area (Å²) in [4.78, 5) is 0. The fourth-order valence-electron chi connectivity index (χ4n) is 1.86. The van der Waals surface area contributed by atoms with Gasteiger partial charge in [-0.05, 0) is 49.3 Å². The van der Waals surface area contributed by atoms with Gasteiger partial charge in [-0.15, -0.1) is 0 Å². The predicted molar refractivity (Wildman–Crippen MR) is 70.5 cm³/mol. The van der Waals surface area contributed by atoms with Gasteiger partial charge in [-0.3, -0.25) is 0 Å². The summed E-state index contributed by atoms with van der Waals surface area (Å²) in [5.74, 6) is 1.69. The maximum Gasteiger partial charge on any atom is 0.189 e. The molecule has 3 nitrogen and oxygen atoms in total. The Bertz CT molecular complexity index is 369. The number of nitrogens with one attached hydrogen (secondary N) is 1. The molecule has 2 aliphatic rings. The van der Waals surface area contributed by atoms with Crippen molar-refractivity contribution in [2.75, 3.05) is 13.4 Å². The van der Waals surface area contributed by atoms with Gasteiger partial charge < -0.3 is 14.8 Å². The lowest BCUT2D eigenvalue weighted by Crippen LogP contribution is -2.15. The topological polar surface area (TPSA) is 30.5 Å². The summed E-state index contributed by atoms with van der Waals surface area (Å²) in [6.45, 7) is 2.18. The van der Waals surface area contributed by atoms with Crippen LogP contribution in [0.25, 0.3) is 0 Å². The van der Waals surface area contributed by atoms with E-state index in [1.165, 1.54) is 31.2 Å². The number of ether oxygens (including phenoxy) is 2. The van der Waals surface area contributed by atoms with Crippen molar-refractivity contribution in [2.24, 2.45) is 5.92 Å². The summed E-state index contributed by atoms with van der Waals surface area (Å²) in [7, 11) is 0. The molecule has 0 radical (unpaired) electrons. The summed E-state index contributed by atoms with van der Waals surface area (Å²) < 4.78 is 11.0. The molecule has 1 aromatic carbocycles. The third kappa shape index (κ3) is 4.00. The first-order valence-electron chi connectivity index (χ1n) is 6.93. The molecule has 0 aliphatic heterocycles. The van der Waals surface area contributed by atoms with Gasteiger partial charge in [0, 0.05) is 12.6 Å². The third-order valence-electron chi connectivity index (χ3n) is 3.45. The summed E-state index contributed by atoms with van der Waals surface area (Å²) in [6, 6.07) is 9.03. The van der Waals surface area contributed by atoms with Crippen LogP contribution in [0.3, 0.4) is 0 Å². The molecular formula is C15H21NO2. The molecule has 3 rings (SSSR count). The molecule has 0 bridgehead atoms. The van der Waals surface area contributed by atoms with Crippen LogP contribution in [0.2, 0.25) is 0 Å². The van der Waals surface area contributed by atoms with E-state index in [1.54, 1.807) is 0 Å². The molecule has 0 spiro atoms. The monoisotopic (exact) mass is 247 g/mol. The van der Waals surface area contributed by atoms with Crippen molar-refractivity contribution < 1.29 is 9.47 Å². The minimum atomic E-state index is 0.371. The Morgan fingerprint density at radius 1 is 1.06 bits per heavy atom. The van der Waals surface area contributed by atoms with Crippen LogP contribution in [0.1, 0.15) is 31.2 Å². The van der Waals surface area contributed by atoms with Crippen LogP contribution in [0.4, 0.5) is 0 Å². The van der Waals surface area contributed by atoms with Crippen molar-refractivity contribution in [2.45, 2.75) is 38.3 Å². The Balaban J connectivity index is 1.35. The SMILES string of the molecule is c1cc(OCOCC2CC2)ccc1CNC1CC1. The Morgan fingerprint density at radius 3 is 2.50 bits per heavy atom. The number of rotatable bonds is 8. The van der Waals surface area contributed by atoms with E-state index < -0.39 is 0 Å². The Labute approximate surface area is 108 Å². The maximum atomic E-state index is 5.53. The number of benzene rings is 1. The maximum absolute atomic E-state index is 5.53. The van der Waals surface area contributed by atoms with E-state index in [0.717, 1.165) is 30.9 Å². The van der Waals surface area contributed by atoms with Gasteiger partial charge in [-0.2, -0.15) is 0 Å². The predicted octanol–water partition coefficient (Wildman–Crippen LogP) is 2.70. The molecule has 98 valence electrons. The van der Waals surface area contributed by atoms with Crippen molar-refractivity contribution >= 4 is 0 Å². The van der Waals surface area contributed by atoms with Gasteiger partial charge in [-0.1, -0.05) is 12.1 Å². The van der Waals surface area contributed by atoms with E-state index in [-0.39, 0.29) is 0 Å². The van der Waals surface area contributed by atoms with E-state index >= 15 is 0 Å². The van der Waals surface area contributed by atoms with Gasteiger partial charge in [0.15, 0.2) is 6.79 Å². The fourth-order valence-corrected chi connectivity index (χ4v) is 1.86. The molecule has 0 amide bonds. The van der Waals surface area contributed by atoms with Crippen LogP contribution in [0, 0.1) is 5.92 Å². The lowest BCUT2D eigenvalue weighted by molar-refractivity contribution is 0.00997. The van der Waals surface area contributed by atoms with E-state index in [1.807, 2.05) is 12.1 Å². The molecule has 18 heavy (non-hydrogen) atoms. The zero-order valence-corrected chi connectivity index (χ0v) is 10.7. The normalized spacial score (nSPS) is 18.9. The van der Waals surface area contributed by atoms with Gasteiger partial charge in [-0.25, -0.2) is 0 Å². The minimum absolute atomic E-state index is 0.371. The molecule has 2 fully saturated rings. The third-order valence-corrected chi connectivity index (χ3v) is 3.45. The van der Waals surface area contributed by atoms with Crippen LogP contribution in [0.5, 0.6) is 5.75 Å². The zero-order chi connectivity index (χ0) is 12.2. The van der Waals surface area contributed by atoms with Gasteiger partial charge in [0.25, 0.3) is 0 Å². The van der Waals surface area contributed by atoms with Crippen LogP contribution >= 0.6 is 0 Å². The summed E-state index contributed by atoms with van der Waals surface area (Å²) in [5, 5.41) is 3.50. The lowest BCUT2D eigenvalue weighted by atomic mass is 10.2. The van der Waals surface area contributed by atoms with Gasteiger partial charge in [0.1, 0.15) is 5.75 Å². The Hall–Kier alpha value is -1.06. The van der Waals surface area contributed by atoms with Crippen LogP contribution in [-0.2, 0) is 11.3 Å². The summed E-state index contributed by atoms with van der Waals surface area (Å²) in [5.41, 5.74) is 1.31. The number of hydrogen-bond donors (Lipinski definition) is 1. The van der Waals surface area contributed by atoms with E-state index in [0.29, 0.717) is 6.79 Å². The number of hydrogen-bond acceptors (Lipinski definition) is 3. The minimum Gasteiger partial charge on any atom is -0.468 e. The second kappa shape index (κ2) is 5.72. The van der Waals surface area contributed by atoms with E-state index in [2.05, 4.69) is 17.4 Å². The van der Waals surface area contributed by atoms with Crippen molar-refractivity contribution in [1.29, 1.82) is 0 Å². The summed E-state index contributed by atoms with van der Waals surface area (Å²) >= 11 is 0. The van der Waals surface area contributed by atoms with Crippen molar-refractivity contribution in [1.82, 2.24) is 5.32 Å². The molecule has 0 heterocycles. The highest BCUT2D eigenvalue weighted by Gasteiger charge is 2.21. The average molecular weight is 247 g/mol. The molecule has 1 N–H and O–H groups in total. The zero-order valence-electron chi connectivity index (χ0n) is 10.7. The molecular weight excluding hydrogens is 226 g/mol. The molecule has 0 unspecified atom stereocenters. The molecule has 3 heteroatoms. The highest BCUT2D eigenvalue weighted by atomic mass is 16.7.